The van der Waals surface area contributed by atoms with E-state index in [2.05, 4.69) is 19.2 Å². The molecule has 1 aliphatic rings. The van der Waals surface area contributed by atoms with Crippen molar-refractivity contribution >= 4 is 5.91 Å². The molecule has 4 heteroatoms. The van der Waals surface area contributed by atoms with Gasteiger partial charge in [0.2, 0.25) is 5.91 Å². The molecule has 1 fully saturated rings. The van der Waals surface area contributed by atoms with Gasteiger partial charge in [-0.1, -0.05) is 13.8 Å². The highest BCUT2D eigenvalue weighted by Crippen LogP contribution is 2.09. The Morgan fingerprint density at radius 3 is 2.81 bits per heavy atom. The number of ether oxygens (including phenoxy) is 1. The lowest BCUT2D eigenvalue weighted by Gasteiger charge is -2.27. The summed E-state index contributed by atoms with van der Waals surface area (Å²) in [6, 6.07) is 0.472. The Morgan fingerprint density at radius 1 is 1.56 bits per heavy atom. The number of hydrogen-bond donors (Lipinski definition) is 1. The number of nitrogens with zero attached hydrogens (tertiary/aromatic N) is 1. The minimum absolute atomic E-state index is 0.102. The summed E-state index contributed by atoms with van der Waals surface area (Å²) in [6.45, 7) is 7.18. The molecule has 0 bridgehead atoms. The first-order chi connectivity index (χ1) is 7.63. The molecular weight excluding hydrogens is 204 g/mol. The van der Waals surface area contributed by atoms with Crippen LogP contribution < -0.4 is 5.32 Å². The van der Waals surface area contributed by atoms with Crippen LogP contribution in [0.5, 0.6) is 0 Å². The van der Waals surface area contributed by atoms with Crippen molar-refractivity contribution in [3.05, 3.63) is 0 Å². The summed E-state index contributed by atoms with van der Waals surface area (Å²) in [5.74, 6) is 0.604. The van der Waals surface area contributed by atoms with E-state index >= 15 is 0 Å². The van der Waals surface area contributed by atoms with Gasteiger partial charge in [-0.15, -0.1) is 0 Å². The molecule has 1 rings (SSSR count). The Balaban J connectivity index is 2.44. The third-order valence-corrected chi connectivity index (χ3v) is 2.81. The number of rotatable bonds is 6. The lowest BCUT2D eigenvalue weighted by atomic mass is 10.1. The maximum Gasteiger partial charge on any atom is 0.248 e. The van der Waals surface area contributed by atoms with E-state index in [1.165, 1.54) is 12.8 Å². The van der Waals surface area contributed by atoms with E-state index in [0.717, 1.165) is 19.6 Å². The highest BCUT2D eigenvalue weighted by atomic mass is 16.5. The van der Waals surface area contributed by atoms with Crippen LogP contribution in [0.3, 0.4) is 0 Å². The number of methoxy groups -OCH3 is 1. The van der Waals surface area contributed by atoms with Crippen LogP contribution in [0, 0.1) is 5.92 Å². The number of nitrogens with one attached hydrogen (secondary N) is 1. The number of carbonyl (C=O) groups is 1. The smallest absolute Gasteiger partial charge is 0.248 e. The second-order valence-electron chi connectivity index (χ2n) is 4.92. The Labute approximate surface area is 98.3 Å². The van der Waals surface area contributed by atoms with Crippen molar-refractivity contribution in [1.82, 2.24) is 10.2 Å². The fourth-order valence-corrected chi connectivity index (χ4v) is 2.11. The third-order valence-electron chi connectivity index (χ3n) is 2.81. The molecule has 94 valence electrons. The average molecular weight is 228 g/mol. The van der Waals surface area contributed by atoms with Crippen LogP contribution >= 0.6 is 0 Å². The first-order valence-electron chi connectivity index (χ1n) is 6.13. The largest absolute Gasteiger partial charge is 0.375 e. The van der Waals surface area contributed by atoms with E-state index in [4.69, 9.17) is 4.74 Å². The SMILES string of the molecule is COCC(=O)N(CC(C)C)CC1CCCN1. The topological polar surface area (TPSA) is 41.6 Å². The highest BCUT2D eigenvalue weighted by molar-refractivity contribution is 5.77. The van der Waals surface area contributed by atoms with Gasteiger partial charge in [0.25, 0.3) is 0 Å². The number of amides is 1. The molecule has 1 aliphatic heterocycles. The second-order valence-corrected chi connectivity index (χ2v) is 4.92. The van der Waals surface area contributed by atoms with E-state index in [1.807, 2.05) is 4.90 Å². The van der Waals surface area contributed by atoms with Gasteiger partial charge in [0.15, 0.2) is 0 Å². The van der Waals surface area contributed by atoms with Crippen LogP contribution in [0.25, 0.3) is 0 Å². The van der Waals surface area contributed by atoms with Crippen LogP contribution in [0.15, 0.2) is 0 Å². The molecule has 4 nitrogen and oxygen atoms in total. The molecule has 1 N–H and O–H groups in total. The fourth-order valence-electron chi connectivity index (χ4n) is 2.11. The standard InChI is InChI=1S/C12H24N2O2/c1-10(2)7-14(12(15)9-16-3)8-11-5-4-6-13-11/h10-11,13H,4-9H2,1-3H3. The van der Waals surface area contributed by atoms with E-state index in [9.17, 15) is 4.79 Å². The zero-order chi connectivity index (χ0) is 12.0. The summed E-state index contributed by atoms with van der Waals surface area (Å²) in [6.07, 6.45) is 2.40. The van der Waals surface area contributed by atoms with E-state index < -0.39 is 0 Å². The predicted octanol–water partition coefficient (Wildman–Crippen LogP) is 0.869. The van der Waals surface area contributed by atoms with Crippen molar-refractivity contribution in [3.63, 3.8) is 0 Å². The maximum atomic E-state index is 11.8. The summed E-state index contributed by atoms with van der Waals surface area (Å²) >= 11 is 0. The van der Waals surface area contributed by atoms with Crippen molar-refractivity contribution < 1.29 is 9.53 Å². The first kappa shape index (κ1) is 13.5. The van der Waals surface area contributed by atoms with E-state index in [0.29, 0.717) is 12.0 Å². The summed E-state index contributed by atoms with van der Waals surface area (Å²) in [4.78, 5) is 13.8. The minimum Gasteiger partial charge on any atom is -0.375 e. The van der Waals surface area contributed by atoms with Crippen molar-refractivity contribution in [2.24, 2.45) is 5.92 Å². The van der Waals surface area contributed by atoms with Crippen LogP contribution in [0.2, 0.25) is 0 Å². The van der Waals surface area contributed by atoms with Gasteiger partial charge in [-0.2, -0.15) is 0 Å². The third kappa shape index (κ3) is 4.49. The van der Waals surface area contributed by atoms with Crippen molar-refractivity contribution in [3.8, 4) is 0 Å². The summed E-state index contributed by atoms with van der Waals surface area (Å²) in [7, 11) is 1.57. The summed E-state index contributed by atoms with van der Waals surface area (Å²) in [5.41, 5.74) is 0. The molecule has 0 saturated carbocycles. The molecule has 1 unspecified atom stereocenters. The van der Waals surface area contributed by atoms with Crippen LogP contribution in [-0.2, 0) is 9.53 Å². The molecule has 0 aliphatic carbocycles. The van der Waals surface area contributed by atoms with Crippen molar-refractivity contribution in [2.45, 2.75) is 32.7 Å². The van der Waals surface area contributed by atoms with Gasteiger partial charge in [-0.25, -0.2) is 0 Å². The molecule has 0 aromatic heterocycles. The summed E-state index contributed by atoms with van der Waals surface area (Å²) in [5, 5.41) is 3.42. The molecule has 1 amide bonds. The number of carbonyl (C=O) groups excluding carboxylic acids is 1. The zero-order valence-electron chi connectivity index (χ0n) is 10.7. The molecule has 0 radical (unpaired) electrons. The van der Waals surface area contributed by atoms with Gasteiger partial charge in [-0.05, 0) is 25.3 Å². The van der Waals surface area contributed by atoms with Crippen LogP contribution in [-0.4, -0.2) is 50.2 Å². The Kier molecular flexibility index (Phi) is 5.77. The molecule has 0 aromatic rings. The molecule has 1 saturated heterocycles. The predicted molar refractivity (Wildman–Crippen MR) is 64.3 cm³/mol. The van der Waals surface area contributed by atoms with Gasteiger partial charge >= 0.3 is 0 Å². The van der Waals surface area contributed by atoms with Gasteiger partial charge in [-0.3, -0.25) is 4.79 Å². The molecule has 1 heterocycles. The number of hydrogen-bond acceptors (Lipinski definition) is 3. The summed E-state index contributed by atoms with van der Waals surface area (Å²) < 4.78 is 4.92. The van der Waals surface area contributed by atoms with Gasteiger partial charge < -0.3 is 15.0 Å². The fraction of sp³-hybridized carbons (Fsp3) is 0.917. The zero-order valence-corrected chi connectivity index (χ0v) is 10.7. The molecule has 16 heavy (non-hydrogen) atoms. The van der Waals surface area contributed by atoms with Crippen molar-refractivity contribution in [2.75, 3.05) is 33.4 Å². The molecule has 0 aromatic carbocycles. The van der Waals surface area contributed by atoms with Crippen molar-refractivity contribution in [1.29, 1.82) is 0 Å². The van der Waals surface area contributed by atoms with Gasteiger partial charge in [0.1, 0.15) is 6.61 Å². The molecular formula is C12H24N2O2. The van der Waals surface area contributed by atoms with Crippen LogP contribution in [0.4, 0.5) is 0 Å². The lowest BCUT2D eigenvalue weighted by Crippen LogP contribution is -2.44. The monoisotopic (exact) mass is 228 g/mol. The Hall–Kier alpha value is -0.610. The average Bonchev–Trinajstić information content (AvgIpc) is 2.69. The normalized spacial score (nSPS) is 20.4. The first-order valence-corrected chi connectivity index (χ1v) is 6.13. The van der Waals surface area contributed by atoms with E-state index in [1.54, 1.807) is 7.11 Å². The lowest BCUT2D eigenvalue weighted by molar-refractivity contribution is -0.136. The second kappa shape index (κ2) is 6.86. The van der Waals surface area contributed by atoms with Gasteiger partial charge in [0.05, 0.1) is 0 Å². The van der Waals surface area contributed by atoms with E-state index in [-0.39, 0.29) is 12.5 Å². The maximum absolute atomic E-state index is 11.8. The quantitative estimate of drug-likeness (QED) is 0.733. The Morgan fingerprint density at radius 2 is 2.31 bits per heavy atom. The van der Waals surface area contributed by atoms with Gasteiger partial charge in [0, 0.05) is 26.2 Å². The molecule has 0 spiro atoms. The Bertz CT molecular complexity index is 213. The van der Waals surface area contributed by atoms with Crippen LogP contribution in [0.1, 0.15) is 26.7 Å². The molecule has 1 atom stereocenters. The minimum atomic E-state index is 0.102. The highest BCUT2D eigenvalue weighted by Gasteiger charge is 2.21.